The van der Waals surface area contributed by atoms with Gasteiger partial charge in [0.2, 0.25) is 0 Å². The summed E-state index contributed by atoms with van der Waals surface area (Å²) in [6.45, 7) is 7.54. The van der Waals surface area contributed by atoms with Crippen LogP contribution in [0, 0.1) is 0 Å². The molecule has 2 aromatic carbocycles. The van der Waals surface area contributed by atoms with Gasteiger partial charge in [0.05, 0.1) is 13.2 Å². The van der Waals surface area contributed by atoms with Crippen molar-refractivity contribution in [3.05, 3.63) is 59.2 Å². The molecule has 160 valence electrons. The van der Waals surface area contributed by atoms with Crippen LogP contribution in [0.5, 0.6) is 0 Å². The summed E-state index contributed by atoms with van der Waals surface area (Å²) >= 11 is 0. The Morgan fingerprint density at radius 3 is 2.43 bits per heavy atom. The predicted molar refractivity (Wildman–Crippen MR) is 121 cm³/mol. The molecule has 1 aliphatic carbocycles. The van der Waals surface area contributed by atoms with E-state index in [-0.39, 0.29) is 18.0 Å². The number of carbonyl (C=O) groups is 1. The molecule has 1 saturated heterocycles. The number of benzene rings is 2. The monoisotopic (exact) mass is 408 g/mol. The van der Waals surface area contributed by atoms with Crippen LogP contribution in [0.25, 0.3) is 0 Å². The van der Waals surface area contributed by atoms with Crippen LogP contribution in [0.3, 0.4) is 0 Å². The van der Waals surface area contributed by atoms with Crippen LogP contribution in [-0.4, -0.2) is 38.3 Å². The molecule has 3 N–H and O–H groups in total. The summed E-state index contributed by atoms with van der Waals surface area (Å²) in [4.78, 5) is 15.0. The summed E-state index contributed by atoms with van der Waals surface area (Å²) in [5.41, 5.74) is 6.33. The Morgan fingerprint density at radius 1 is 1.00 bits per heavy atom. The van der Waals surface area contributed by atoms with Crippen molar-refractivity contribution in [3.63, 3.8) is 0 Å². The number of amides is 1. The summed E-state index contributed by atoms with van der Waals surface area (Å²) in [5.74, 6) is 0.0407. The molecule has 0 spiro atoms. The van der Waals surface area contributed by atoms with Gasteiger partial charge >= 0.3 is 0 Å². The Labute approximate surface area is 179 Å². The third-order valence-electron chi connectivity index (χ3n) is 6.40. The summed E-state index contributed by atoms with van der Waals surface area (Å²) in [5, 5.41) is 5.22. The normalized spacial score (nSPS) is 18.4. The van der Waals surface area contributed by atoms with Crippen LogP contribution < -0.4 is 15.5 Å². The van der Waals surface area contributed by atoms with Crippen molar-refractivity contribution in [1.29, 1.82) is 0 Å². The Morgan fingerprint density at radius 2 is 1.70 bits per heavy atom. The van der Waals surface area contributed by atoms with Gasteiger partial charge < -0.3 is 20.3 Å². The second kappa shape index (κ2) is 9.63. The van der Waals surface area contributed by atoms with Crippen molar-refractivity contribution in [2.45, 2.75) is 51.6 Å². The molecule has 0 aromatic heterocycles. The molecule has 2 atom stereocenters. The van der Waals surface area contributed by atoms with Crippen LogP contribution in [0.1, 0.15) is 49.4 Å². The van der Waals surface area contributed by atoms with E-state index in [0.29, 0.717) is 0 Å². The quantitative estimate of drug-likeness (QED) is 0.772. The lowest BCUT2D eigenvalue weighted by molar-refractivity contribution is -0.709. The molecule has 4 rings (SSSR count). The number of anilines is 2. The summed E-state index contributed by atoms with van der Waals surface area (Å²) in [6.07, 6.45) is 4.99. The molecule has 0 radical (unpaired) electrons. The van der Waals surface area contributed by atoms with Gasteiger partial charge in [-0.3, -0.25) is 4.79 Å². The number of carbonyl (C=O) groups excluding carboxylic acids is 1. The fraction of sp³-hybridized carbons (Fsp3) is 0.480. The van der Waals surface area contributed by atoms with E-state index in [1.54, 1.807) is 0 Å². The predicted octanol–water partition coefficient (Wildman–Crippen LogP) is 3.05. The Hall–Kier alpha value is -2.37. The lowest BCUT2D eigenvalue weighted by Gasteiger charge is -2.29. The highest BCUT2D eigenvalue weighted by Gasteiger charge is 2.21. The highest BCUT2D eigenvalue weighted by atomic mass is 16.5. The first-order valence-electron chi connectivity index (χ1n) is 11.3. The van der Waals surface area contributed by atoms with Crippen molar-refractivity contribution in [3.8, 4) is 0 Å². The lowest BCUT2D eigenvalue weighted by atomic mass is 9.89. The van der Waals surface area contributed by atoms with Crippen LogP contribution in [-0.2, 0) is 22.4 Å². The zero-order chi connectivity index (χ0) is 20.9. The van der Waals surface area contributed by atoms with Gasteiger partial charge in [0.15, 0.2) is 6.04 Å². The minimum atomic E-state index is -0.157. The molecule has 1 fully saturated rings. The standard InChI is InChI=1S/C25H33N3O2/c1-18(21-8-7-20-5-3-4-6-22(20)17-21)26-19(2)25(29)27-23-9-11-24(12-10-23)28-13-15-30-16-14-28/h7-12,17-19,26H,3-6,13-16H2,1-2H3,(H,27,29)/p+1/t18-,19-/m0/s1. The maximum atomic E-state index is 12.7. The molecular weight excluding hydrogens is 374 g/mol. The molecule has 1 aliphatic heterocycles. The smallest absolute Gasteiger partial charge is 0.282 e. The molecule has 2 aromatic rings. The maximum absolute atomic E-state index is 12.7. The van der Waals surface area contributed by atoms with Gasteiger partial charge in [0, 0.05) is 30.0 Å². The summed E-state index contributed by atoms with van der Waals surface area (Å²) in [6, 6.07) is 15.1. The molecule has 0 bridgehead atoms. The van der Waals surface area contributed by atoms with Crippen LogP contribution >= 0.6 is 0 Å². The molecule has 5 heteroatoms. The van der Waals surface area contributed by atoms with Crippen molar-refractivity contribution >= 4 is 17.3 Å². The van der Waals surface area contributed by atoms with Crippen LogP contribution in [0.4, 0.5) is 11.4 Å². The first-order chi connectivity index (χ1) is 14.6. The SMILES string of the molecule is C[C@H]([NH2+][C@@H](C)c1ccc2c(c1)CCCC2)C(=O)Nc1ccc(N2CCOCC2)cc1. The van der Waals surface area contributed by atoms with E-state index in [1.807, 2.05) is 19.1 Å². The third-order valence-corrected chi connectivity index (χ3v) is 6.40. The van der Waals surface area contributed by atoms with E-state index >= 15 is 0 Å². The largest absolute Gasteiger partial charge is 0.378 e. The van der Waals surface area contributed by atoms with Gasteiger partial charge in [0.25, 0.3) is 5.91 Å². The number of ether oxygens (including phenoxy) is 1. The highest BCUT2D eigenvalue weighted by molar-refractivity contribution is 5.93. The number of nitrogens with two attached hydrogens (primary N) is 1. The molecular formula is C25H34N3O2+. The highest BCUT2D eigenvalue weighted by Crippen LogP contribution is 2.24. The van der Waals surface area contributed by atoms with Gasteiger partial charge in [0.1, 0.15) is 6.04 Å². The average Bonchev–Trinajstić information content (AvgIpc) is 2.79. The molecule has 2 aliphatic rings. The molecule has 5 nitrogen and oxygen atoms in total. The van der Waals surface area contributed by atoms with E-state index < -0.39 is 0 Å². The number of hydrogen-bond acceptors (Lipinski definition) is 3. The van der Waals surface area contributed by atoms with Crippen molar-refractivity contribution in [2.24, 2.45) is 0 Å². The van der Waals surface area contributed by atoms with Crippen molar-refractivity contribution in [1.82, 2.24) is 0 Å². The Bertz CT molecular complexity index is 859. The number of nitrogens with zero attached hydrogens (tertiary/aromatic N) is 1. The molecule has 0 unspecified atom stereocenters. The second-order valence-electron chi connectivity index (χ2n) is 8.64. The van der Waals surface area contributed by atoms with Crippen LogP contribution in [0.2, 0.25) is 0 Å². The average molecular weight is 409 g/mol. The number of nitrogens with one attached hydrogen (secondary N) is 1. The second-order valence-corrected chi connectivity index (χ2v) is 8.64. The zero-order valence-corrected chi connectivity index (χ0v) is 18.2. The number of rotatable bonds is 6. The number of morpholine rings is 1. The topological polar surface area (TPSA) is 58.2 Å². The van der Waals surface area contributed by atoms with Gasteiger partial charge in [-0.15, -0.1) is 0 Å². The molecule has 1 amide bonds. The summed E-state index contributed by atoms with van der Waals surface area (Å²) in [7, 11) is 0. The fourth-order valence-corrected chi connectivity index (χ4v) is 4.50. The van der Waals surface area contributed by atoms with Gasteiger partial charge in [-0.2, -0.15) is 0 Å². The molecule has 0 saturated carbocycles. The van der Waals surface area contributed by atoms with Crippen LogP contribution in [0.15, 0.2) is 42.5 Å². The maximum Gasteiger partial charge on any atom is 0.282 e. The Balaban J connectivity index is 1.32. The Kier molecular flexibility index (Phi) is 6.70. The number of quaternary nitrogens is 1. The number of hydrogen-bond donors (Lipinski definition) is 2. The molecule has 30 heavy (non-hydrogen) atoms. The molecule has 1 heterocycles. The third kappa shape index (κ3) is 5.02. The fourth-order valence-electron chi connectivity index (χ4n) is 4.50. The minimum Gasteiger partial charge on any atom is -0.378 e. The van der Waals surface area contributed by atoms with E-state index in [4.69, 9.17) is 4.74 Å². The first kappa shape index (κ1) is 20.9. The number of aryl methyl sites for hydroxylation is 2. The summed E-state index contributed by atoms with van der Waals surface area (Å²) < 4.78 is 5.41. The van der Waals surface area contributed by atoms with E-state index in [2.05, 4.69) is 52.8 Å². The van der Waals surface area contributed by atoms with E-state index in [0.717, 1.165) is 32.0 Å². The zero-order valence-electron chi connectivity index (χ0n) is 18.2. The van der Waals surface area contributed by atoms with Crippen molar-refractivity contribution < 1.29 is 14.8 Å². The van der Waals surface area contributed by atoms with Gasteiger partial charge in [-0.1, -0.05) is 12.1 Å². The van der Waals surface area contributed by atoms with Gasteiger partial charge in [-0.05, 0) is 81.0 Å². The minimum absolute atomic E-state index is 0.0407. The first-order valence-corrected chi connectivity index (χ1v) is 11.3. The van der Waals surface area contributed by atoms with Gasteiger partial charge in [-0.25, -0.2) is 0 Å². The van der Waals surface area contributed by atoms with Crippen molar-refractivity contribution in [2.75, 3.05) is 36.5 Å². The lowest BCUT2D eigenvalue weighted by Crippen LogP contribution is -2.91. The van der Waals surface area contributed by atoms with E-state index in [9.17, 15) is 4.79 Å². The van der Waals surface area contributed by atoms with E-state index in [1.165, 1.54) is 48.1 Å². The number of fused-ring (bicyclic) bond motifs is 1.